The molecule has 1 aromatic rings. The van der Waals surface area contributed by atoms with Crippen LogP contribution in [0.3, 0.4) is 0 Å². The molecule has 1 aliphatic heterocycles. The highest BCUT2D eigenvalue weighted by molar-refractivity contribution is 5.78. The second kappa shape index (κ2) is 7.25. The number of hydrogen-bond acceptors (Lipinski definition) is 3. The molecule has 1 N–H and O–H groups in total. The van der Waals surface area contributed by atoms with Crippen molar-refractivity contribution >= 4 is 5.91 Å². The van der Waals surface area contributed by atoms with Gasteiger partial charge in [0.25, 0.3) is 0 Å². The molecule has 120 valence electrons. The van der Waals surface area contributed by atoms with E-state index >= 15 is 0 Å². The van der Waals surface area contributed by atoms with Crippen molar-refractivity contribution in [3.8, 4) is 0 Å². The van der Waals surface area contributed by atoms with Gasteiger partial charge in [-0.25, -0.2) is 0 Å². The van der Waals surface area contributed by atoms with Crippen LogP contribution >= 0.6 is 0 Å². The SMILES string of the molecule is C[C@@H]1CN(C(=O)CN[C@@H](Cc2ccccc2)C2CC2)CCO1. The zero-order valence-corrected chi connectivity index (χ0v) is 13.3. The lowest BCUT2D eigenvalue weighted by atomic mass is 10.0. The maximum atomic E-state index is 12.4. The molecule has 2 atom stereocenters. The Labute approximate surface area is 132 Å². The summed E-state index contributed by atoms with van der Waals surface area (Å²) >= 11 is 0. The van der Waals surface area contributed by atoms with Gasteiger partial charge >= 0.3 is 0 Å². The second-order valence-corrected chi connectivity index (χ2v) is 6.54. The summed E-state index contributed by atoms with van der Waals surface area (Å²) in [5.74, 6) is 0.936. The Morgan fingerprint density at radius 2 is 2.14 bits per heavy atom. The quantitative estimate of drug-likeness (QED) is 0.872. The molecular weight excluding hydrogens is 276 g/mol. The average Bonchev–Trinajstić information content (AvgIpc) is 3.37. The van der Waals surface area contributed by atoms with Crippen molar-refractivity contribution in [2.24, 2.45) is 5.92 Å². The third-order valence-electron chi connectivity index (χ3n) is 4.60. The first kappa shape index (κ1) is 15.5. The summed E-state index contributed by atoms with van der Waals surface area (Å²) in [6, 6.07) is 11.0. The summed E-state index contributed by atoms with van der Waals surface area (Å²) < 4.78 is 5.50. The molecule has 2 fully saturated rings. The van der Waals surface area contributed by atoms with Gasteiger partial charge in [-0.1, -0.05) is 30.3 Å². The zero-order chi connectivity index (χ0) is 15.4. The molecule has 1 amide bonds. The Balaban J connectivity index is 1.50. The van der Waals surface area contributed by atoms with Crippen molar-refractivity contribution in [3.63, 3.8) is 0 Å². The number of nitrogens with zero attached hydrogens (tertiary/aromatic N) is 1. The van der Waals surface area contributed by atoms with Crippen molar-refractivity contribution < 1.29 is 9.53 Å². The summed E-state index contributed by atoms with van der Waals surface area (Å²) in [4.78, 5) is 14.3. The van der Waals surface area contributed by atoms with Crippen molar-refractivity contribution in [2.45, 2.75) is 38.3 Å². The molecule has 1 aliphatic carbocycles. The Kier molecular flexibility index (Phi) is 5.11. The standard InChI is InChI=1S/C18H26N2O2/c1-14-13-20(9-10-22-14)18(21)12-19-17(16-7-8-16)11-15-5-3-2-4-6-15/h2-6,14,16-17,19H,7-13H2,1H3/t14-,17+/m1/s1. The minimum absolute atomic E-state index is 0.154. The van der Waals surface area contributed by atoms with Crippen LogP contribution < -0.4 is 5.32 Å². The first-order valence-electron chi connectivity index (χ1n) is 8.39. The van der Waals surface area contributed by atoms with Gasteiger partial charge < -0.3 is 15.0 Å². The van der Waals surface area contributed by atoms with Crippen LogP contribution in [0.2, 0.25) is 0 Å². The number of carbonyl (C=O) groups excluding carboxylic acids is 1. The van der Waals surface area contributed by atoms with Crippen LogP contribution in [0, 0.1) is 5.92 Å². The van der Waals surface area contributed by atoms with Crippen LogP contribution in [0.25, 0.3) is 0 Å². The molecule has 1 saturated heterocycles. The Morgan fingerprint density at radius 1 is 1.36 bits per heavy atom. The van der Waals surface area contributed by atoms with Gasteiger partial charge in [-0.2, -0.15) is 0 Å². The highest BCUT2D eigenvalue weighted by Crippen LogP contribution is 2.34. The van der Waals surface area contributed by atoms with E-state index in [1.807, 2.05) is 17.9 Å². The fourth-order valence-corrected chi connectivity index (χ4v) is 3.15. The maximum Gasteiger partial charge on any atom is 0.236 e. The average molecular weight is 302 g/mol. The lowest BCUT2D eigenvalue weighted by Gasteiger charge is -2.31. The Hall–Kier alpha value is -1.39. The van der Waals surface area contributed by atoms with E-state index in [1.54, 1.807) is 0 Å². The predicted octanol–water partition coefficient (Wildman–Crippen LogP) is 1.84. The summed E-state index contributed by atoms with van der Waals surface area (Å²) in [7, 11) is 0. The van der Waals surface area contributed by atoms with Crippen LogP contribution in [0.5, 0.6) is 0 Å². The molecular formula is C18H26N2O2. The fourth-order valence-electron chi connectivity index (χ4n) is 3.15. The van der Waals surface area contributed by atoms with Crippen LogP contribution in [-0.4, -0.2) is 49.2 Å². The highest BCUT2D eigenvalue weighted by Gasteiger charge is 2.31. The molecule has 0 bridgehead atoms. The van der Waals surface area contributed by atoms with E-state index in [0.717, 1.165) is 18.9 Å². The van der Waals surface area contributed by atoms with E-state index in [-0.39, 0.29) is 12.0 Å². The van der Waals surface area contributed by atoms with Gasteiger partial charge in [-0.15, -0.1) is 0 Å². The largest absolute Gasteiger partial charge is 0.375 e. The van der Waals surface area contributed by atoms with Crippen LogP contribution in [0.4, 0.5) is 0 Å². The lowest BCUT2D eigenvalue weighted by Crippen LogP contribution is -2.49. The third kappa shape index (κ3) is 4.31. The van der Waals surface area contributed by atoms with Crippen LogP contribution in [-0.2, 0) is 16.0 Å². The summed E-state index contributed by atoms with van der Waals surface area (Å²) in [6.07, 6.45) is 3.74. The number of hydrogen-bond donors (Lipinski definition) is 1. The van der Waals surface area contributed by atoms with Gasteiger partial charge in [0.1, 0.15) is 0 Å². The van der Waals surface area contributed by atoms with E-state index in [9.17, 15) is 4.79 Å². The molecule has 1 saturated carbocycles. The molecule has 1 heterocycles. The van der Waals surface area contributed by atoms with E-state index in [2.05, 4.69) is 29.6 Å². The minimum Gasteiger partial charge on any atom is -0.375 e. The van der Waals surface area contributed by atoms with Gasteiger partial charge in [0.2, 0.25) is 5.91 Å². The lowest BCUT2D eigenvalue weighted by molar-refractivity contribution is -0.137. The number of benzene rings is 1. The summed E-state index contributed by atoms with van der Waals surface area (Å²) in [6.45, 7) is 4.56. The molecule has 4 nitrogen and oxygen atoms in total. The van der Waals surface area contributed by atoms with Crippen molar-refractivity contribution in [2.75, 3.05) is 26.2 Å². The first-order valence-corrected chi connectivity index (χ1v) is 8.39. The van der Waals surface area contributed by atoms with Gasteiger partial charge in [0.15, 0.2) is 0 Å². The number of nitrogens with one attached hydrogen (secondary N) is 1. The minimum atomic E-state index is 0.154. The van der Waals surface area contributed by atoms with Crippen molar-refractivity contribution in [3.05, 3.63) is 35.9 Å². The van der Waals surface area contributed by atoms with E-state index < -0.39 is 0 Å². The summed E-state index contributed by atoms with van der Waals surface area (Å²) in [5, 5.41) is 3.51. The van der Waals surface area contributed by atoms with Gasteiger partial charge in [0, 0.05) is 19.1 Å². The van der Waals surface area contributed by atoms with Gasteiger partial charge in [0.05, 0.1) is 19.3 Å². The predicted molar refractivity (Wildman–Crippen MR) is 86.7 cm³/mol. The normalized spacial score (nSPS) is 23.3. The molecule has 0 spiro atoms. The smallest absolute Gasteiger partial charge is 0.236 e. The summed E-state index contributed by atoms with van der Waals surface area (Å²) in [5.41, 5.74) is 1.35. The van der Waals surface area contributed by atoms with E-state index in [1.165, 1.54) is 18.4 Å². The molecule has 1 aromatic carbocycles. The topological polar surface area (TPSA) is 41.6 Å². The number of morpholine rings is 1. The Morgan fingerprint density at radius 3 is 2.82 bits per heavy atom. The van der Waals surface area contributed by atoms with E-state index in [4.69, 9.17) is 4.74 Å². The van der Waals surface area contributed by atoms with E-state index in [0.29, 0.717) is 25.7 Å². The van der Waals surface area contributed by atoms with Crippen LogP contribution in [0.1, 0.15) is 25.3 Å². The molecule has 0 aromatic heterocycles. The van der Waals surface area contributed by atoms with Crippen molar-refractivity contribution in [1.82, 2.24) is 10.2 Å². The maximum absolute atomic E-state index is 12.4. The monoisotopic (exact) mass is 302 g/mol. The fraction of sp³-hybridized carbons (Fsp3) is 0.611. The second-order valence-electron chi connectivity index (χ2n) is 6.54. The third-order valence-corrected chi connectivity index (χ3v) is 4.60. The molecule has 3 rings (SSSR count). The molecule has 2 aliphatic rings. The number of carbonyl (C=O) groups is 1. The number of rotatable bonds is 6. The van der Waals surface area contributed by atoms with Gasteiger partial charge in [-0.05, 0) is 37.7 Å². The molecule has 0 radical (unpaired) electrons. The first-order chi connectivity index (χ1) is 10.7. The van der Waals surface area contributed by atoms with Crippen molar-refractivity contribution in [1.29, 1.82) is 0 Å². The number of ether oxygens (including phenoxy) is 1. The zero-order valence-electron chi connectivity index (χ0n) is 13.3. The van der Waals surface area contributed by atoms with Gasteiger partial charge in [-0.3, -0.25) is 4.79 Å². The van der Waals surface area contributed by atoms with Crippen LogP contribution in [0.15, 0.2) is 30.3 Å². The molecule has 0 unspecified atom stereocenters. The number of amides is 1. The molecule has 22 heavy (non-hydrogen) atoms. The molecule has 4 heteroatoms. The highest BCUT2D eigenvalue weighted by atomic mass is 16.5. The Bertz CT molecular complexity index is 487.